The molecule has 3 aromatic rings. The number of anilines is 1. The summed E-state index contributed by atoms with van der Waals surface area (Å²) in [4.78, 5) is 46.2. The van der Waals surface area contributed by atoms with Crippen LogP contribution in [0, 0.1) is 12.8 Å². The van der Waals surface area contributed by atoms with Gasteiger partial charge in [-0.3, -0.25) is 29.1 Å². The highest BCUT2D eigenvalue weighted by Crippen LogP contribution is 2.37. The Hall–Kier alpha value is -3.78. The zero-order valence-corrected chi connectivity index (χ0v) is 30.3. The number of ether oxygens (including phenoxy) is 2. The smallest absolute Gasteiger partial charge is 0.401 e. The molecule has 1 atom stereocenters. The minimum atomic E-state index is -4.31. The number of nitrogens with zero attached hydrogens (tertiary/aromatic N) is 4. The molecule has 1 N–H and O–H groups in total. The van der Waals surface area contributed by atoms with Crippen LogP contribution in [0.3, 0.4) is 0 Å². The Balaban J connectivity index is 1.24. The highest BCUT2D eigenvalue weighted by Gasteiger charge is 2.53. The number of rotatable bonds is 12. The van der Waals surface area contributed by atoms with E-state index in [9.17, 15) is 27.6 Å². The fourth-order valence-corrected chi connectivity index (χ4v) is 8.15. The summed E-state index contributed by atoms with van der Waals surface area (Å²) in [5.74, 6) is -2.29. The number of amides is 1. The van der Waals surface area contributed by atoms with Gasteiger partial charge in [-0.2, -0.15) is 13.2 Å². The first kappa shape index (κ1) is 38.0. The normalized spacial score (nSPS) is 22.0. The van der Waals surface area contributed by atoms with Crippen molar-refractivity contribution in [2.45, 2.75) is 76.9 Å². The fraction of sp³-hybridized carbons (Fsp3) is 0.564. The number of esters is 1. The predicted octanol–water partition coefficient (Wildman–Crippen LogP) is 5.92. The van der Waals surface area contributed by atoms with Crippen LogP contribution in [0.2, 0.25) is 0 Å². The van der Waals surface area contributed by atoms with E-state index < -0.39 is 18.6 Å². The number of Topliss-reactive ketones (excluding diaryl/α,β-unsaturated/α-hetero) is 1. The van der Waals surface area contributed by atoms with Crippen molar-refractivity contribution in [1.82, 2.24) is 19.3 Å². The first-order chi connectivity index (χ1) is 24.9. The summed E-state index contributed by atoms with van der Waals surface area (Å²) < 4.78 is 54.1. The quantitative estimate of drug-likeness (QED) is 0.230. The van der Waals surface area contributed by atoms with Gasteiger partial charge in [-0.25, -0.2) is 0 Å². The van der Waals surface area contributed by atoms with Crippen LogP contribution in [0.25, 0.3) is 10.9 Å². The Morgan fingerprint density at radius 3 is 2.23 bits per heavy atom. The second-order valence-corrected chi connectivity index (χ2v) is 14.4. The van der Waals surface area contributed by atoms with E-state index in [1.807, 2.05) is 72.1 Å². The SMILES string of the molecule is CCOC(=O)C1CCC(OC(C(=O)Cc2ccc(NC(=O)c3cn(C)c4ccccc34)c(C)c2)(N2CCCC2)N2CCN(CC(F)(F)F)CC2)CC1. The van der Waals surface area contributed by atoms with E-state index in [4.69, 9.17) is 9.47 Å². The lowest BCUT2D eigenvalue weighted by Crippen LogP contribution is -2.71. The number of halogens is 3. The number of piperazine rings is 1. The lowest BCUT2D eigenvalue weighted by molar-refractivity contribution is -0.262. The van der Waals surface area contributed by atoms with Gasteiger partial charge < -0.3 is 19.4 Å². The van der Waals surface area contributed by atoms with E-state index in [1.54, 1.807) is 6.92 Å². The van der Waals surface area contributed by atoms with Gasteiger partial charge in [-0.1, -0.05) is 30.3 Å². The van der Waals surface area contributed by atoms with Gasteiger partial charge in [0, 0.05) is 75.5 Å². The molecular formula is C39H50F3N5O5. The predicted molar refractivity (Wildman–Crippen MR) is 192 cm³/mol. The lowest BCUT2D eigenvalue weighted by Gasteiger charge is -2.52. The van der Waals surface area contributed by atoms with Gasteiger partial charge >= 0.3 is 12.1 Å². The van der Waals surface area contributed by atoms with Gasteiger partial charge in [0.25, 0.3) is 5.91 Å². The molecule has 1 aromatic heterocycles. The van der Waals surface area contributed by atoms with Gasteiger partial charge in [0.05, 0.1) is 30.7 Å². The average Bonchev–Trinajstić information content (AvgIpc) is 3.77. The number of nitrogens with one attached hydrogen (secondary N) is 1. The molecule has 3 fully saturated rings. The Labute approximate surface area is 303 Å². The summed E-state index contributed by atoms with van der Waals surface area (Å²) in [6.45, 7) is 5.06. The molecule has 0 spiro atoms. The molecule has 2 aliphatic heterocycles. The number of hydrogen-bond donors (Lipinski definition) is 1. The van der Waals surface area contributed by atoms with E-state index in [0.717, 1.165) is 34.9 Å². The molecule has 10 nitrogen and oxygen atoms in total. The molecule has 52 heavy (non-hydrogen) atoms. The van der Waals surface area contributed by atoms with Gasteiger partial charge in [0.1, 0.15) is 0 Å². The summed E-state index contributed by atoms with van der Waals surface area (Å²) in [5, 5.41) is 3.89. The number of benzene rings is 2. The number of alkyl halides is 3. The number of aryl methyl sites for hydroxylation is 2. The van der Waals surface area contributed by atoms with Crippen LogP contribution < -0.4 is 5.32 Å². The van der Waals surface area contributed by atoms with E-state index >= 15 is 0 Å². The molecule has 2 saturated heterocycles. The summed E-state index contributed by atoms with van der Waals surface area (Å²) in [7, 11) is 1.90. The Kier molecular flexibility index (Phi) is 11.7. The largest absolute Gasteiger partial charge is 0.466 e. The molecule has 282 valence electrons. The topological polar surface area (TPSA) is 96.3 Å². The molecule has 6 rings (SSSR count). The van der Waals surface area contributed by atoms with Crippen molar-refractivity contribution in [2.75, 3.05) is 57.7 Å². The average molecular weight is 726 g/mol. The van der Waals surface area contributed by atoms with Gasteiger partial charge in [0.15, 0.2) is 5.78 Å². The summed E-state index contributed by atoms with van der Waals surface area (Å²) in [6, 6.07) is 13.3. The highest BCUT2D eigenvalue weighted by molar-refractivity contribution is 6.13. The standard InChI is InChI=1S/C39H50F3N5O5/c1-4-51-37(50)29-12-14-30(15-13-29)52-39(46-17-7-8-18-46,47-21-19-45(20-22-47)26-38(40,41)42)35(48)24-28-11-16-33(27(2)23-28)43-36(49)32-25-44(3)34-10-6-5-9-31(32)34/h5-6,9-11,16,23,25,29-30H,4,7-8,12-15,17-22,24,26H2,1-3H3,(H,43,49). The second kappa shape index (κ2) is 16.1. The maximum Gasteiger partial charge on any atom is 0.401 e. The molecule has 1 aliphatic carbocycles. The fourth-order valence-electron chi connectivity index (χ4n) is 8.15. The third-order valence-electron chi connectivity index (χ3n) is 10.8. The van der Waals surface area contributed by atoms with Crippen LogP contribution in [-0.4, -0.2) is 107 Å². The molecule has 0 bridgehead atoms. The van der Waals surface area contributed by atoms with Crippen molar-refractivity contribution >= 4 is 34.3 Å². The van der Waals surface area contributed by atoms with Crippen molar-refractivity contribution in [3.05, 3.63) is 65.4 Å². The highest BCUT2D eigenvalue weighted by atomic mass is 19.4. The maximum absolute atomic E-state index is 14.9. The number of carbonyl (C=O) groups is 3. The van der Waals surface area contributed by atoms with Crippen molar-refractivity contribution in [2.24, 2.45) is 13.0 Å². The lowest BCUT2D eigenvalue weighted by atomic mass is 9.87. The number of para-hydroxylation sites is 1. The Bertz CT molecular complexity index is 1740. The number of aromatic nitrogens is 1. The molecule has 13 heteroatoms. The van der Waals surface area contributed by atoms with Crippen LogP contribution in [0.15, 0.2) is 48.7 Å². The van der Waals surface area contributed by atoms with E-state index in [0.29, 0.717) is 56.6 Å². The van der Waals surface area contributed by atoms with Gasteiger partial charge in [-0.15, -0.1) is 0 Å². The van der Waals surface area contributed by atoms with Crippen molar-refractivity contribution in [3.8, 4) is 0 Å². The Morgan fingerprint density at radius 2 is 1.58 bits per heavy atom. The minimum Gasteiger partial charge on any atom is -0.466 e. The van der Waals surface area contributed by atoms with Crippen molar-refractivity contribution < 1.29 is 37.0 Å². The number of likely N-dealkylation sites (tertiary alicyclic amines) is 1. The summed E-state index contributed by atoms with van der Waals surface area (Å²) >= 11 is 0. The molecule has 1 saturated carbocycles. The molecule has 3 aliphatic rings. The third-order valence-corrected chi connectivity index (χ3v) is 10.8. The molecule has 2 aromatic carbocycles. The van der Waals surface area contributed by atoms with Crippen LogP contribution in [0.4, 0.5) is 18.9 Å². The minimum absolute atomic E-state index is 0.0375. The maximum atomic E-state index is 14.9. The van der Waals surface area contributed by atoms with Crippen molar-refractivity contribution in [3.63, 3.8) is 0 Å². The summed E-state index contributed by atoms with van der Waals surface area (Å²) in [6.07, 6.45) is 1.31. The van der Waals surface area contributed by atoms with Crippen LogP contribution in [0.1, 0.15) is 66.9 Å². The van der Waals surface area contributed by atoms with E-state index in [1.165, 1.54) is 4.90 Å². The Morgan fingerprint density at radius 1 is 0.904 bits per heavy atom. The molecule has 0 radical (unpaired) electrons. The number of hydrogen-bond acceptors (Lipinski definition) is 8. The van der Waals surface area contributed by atoms with E-state index in [-0.39, 0.29) is 62.3 Å². The van der Waals surface area contributed by atoms with Crippen LogP contribution >= 0.6 is 0 Å². The number of ketones is 1. The zero-order chi connectivity index (χ0) is 37.0. The first-order valence-electron chi connectivity index (χ1n) is 18.5. The molecule has 1 amide bonds. The van der Waals surface area contributed by atoms with Gasteiger partial charge in [0.2, 0.25) is 5.85 Å². The molecular weight excluding hydrogens is 675 g/mol. The number of fused-ring (bicyclic) bond motifs is 1. The zero-order valence-electron chi connectivity index (χ0n) is 30.3. The van der Waals surface area contributed by atoms with Gasteiger partial charge in [-0.05, 0) is 75.6 Å². The van der Waals surface area contributed by atoms with Crippen LogP contribution in [0.5, 0.6) is 0 Å². The molecule has 3 heterocycles. The van der Waals surface area contributed by atoms with E-state index in [2.05, 4.69) is 10.2 Å². The third kappa shape index (κ3) is 8.38. The monoisotopic (exact) mass is 725 g/mol. The number of carbonyl (C=O) groups excluding carboxylic acids is 3. The molecule has 1 unspecified atom stereocenters. The van der Waals surface area contributed by atoms with Crippen LogP contribution in [-0.2, 0) is 32.5 Å². The van der Waals surface area contributed by atoms with Crippen molar-refractivity contribution in [1.29, 1.82) is 0 Å². The first-order valence-corrected chi connectivity index (χ1v) is 18.5. The second-order valence-electron chi connectivity index (χ2n) is 14.4. The summed E-state index contributed by atoms with van der Waals surface area (Å²) in [5.41, 5.74) is 3.70.